The van der Waals surface area contributed by atoms with E-state index in [9.17, 15) is 5.11 Å². The van der Waals surface area contributed by atoms with Crippen LogP contribution in [0, 0.1) is 40.4 Å². The summed E-state index contributed by atoms with van der Waals surface area (Å²) in [5.74, 6) is 2.21. The van der Waals surface area contributed by atoms with E-state index in [4.69, 9.17) is 9.47 Å². The van der Waals surface area contributed by atoms with Gasteiger partial charge in [-0.1, -0.05) is 74.5 Å². The number of nitrogens with zero attached hydrogens (tertiary/aromatic N) is 1. The number of fused-ring (bicyclic) bond motifs is 2. The average molecular weight is 528 g/mol. The summed E-state index contributed by atoms with van der Waals surface area (Å²) in [6.45, 7) is 8.54. The third kappa shape index (κ3) is 3.32. The second-order valence-corrected chi connectivity index (χ2v) is 14.3. The molecule has 5 saturated carbocycles. The first-order chi connectivity index (χ1) is 19.0. The smallest absolute Gasteiger partial charge is 0.0746 e. The molecule has 0 radical (unpaired) electrons. The van der Waals surface area contributed by atoms with E-state index in [2.05, 4.69) is 79.4 Å². The van der Waals surface area contributed by atoms with Crippen molar-refractivity contribution in [2.24, 2.45) is 40.4 Å². The van der Waals surface area contributed by atoms with Crippen LogP contribution < -0.4 is 0 Å². The lowest BCUT2D eigenvalue weighted by atomic mass is 9.43. The molecule has 6 unspecified atom stereocenters. The van der Waals surface area contributed by atoms with Crippen LogP contribution in [-0.2, 0) is 22.7 Å². The third-order valence-electron chi connectivity index (χ3n) is 12.9. The predicted octanol–water partition coefficient (Wildman–Crippen LogP) is 6.07. The van der Waals surface area contributed by atoms with E-state index in [0.717, 1.165) is 25.8 Å². The van der Waals surface area contributed by atoms with Crippen molar-refractivity contribution in [2.75, 3.05) is 13.1 Å². The van der Waals surface area contributed by atoms with E-state index < -0.39 is 5.60 Å². The normalized spacial score (nSPS) is 47.4. The molecule has 4 nitrogen and oxygen atoms in total. The third-order valence-corrected chi connectivity index (χ3v) is 12.9. The maximum atomic E-state index is 12.8. The second-order valence-electron chi connectivity index (χ2n) is 14.3. The summed E-state index contributed by atoms with van der Waals surface area (Å²) in [6, 6.07) is 21.8. The van der Waals surface area contributed by atoms with Gasteiger partial charge in [-0.15, -0.1) is 0 Å². The summed E-state index contributed by atoms with van der Waals surface area (Å²) in [5.41, 5.74) is 2.32. The highest BCUT2D eigenvalue weighted by Gasteiger charge is 2.82. The van der Waals surface area contributed by atoms with Crippen LogP contribution >= 0.6 is 0 Å². The van der Waals surface area contributed by atoms with Gasteiger partial charge in [0.05, 0.1) is 31.0 Å². The molecular weight excluding hydrogens is 482 g/mol. The van der Waals surface area contributed by atoms with Crippen LogP contribution in [0.3, 0.4) is 0 Å². The summed E-state index contributed by atoms with van der Waals surface area (Å²) in [7, 11) is 0. The molecule has 8 rings (SSSR count). The average Bonchev–Trinajstić information content (AvgIpc) is 3.41. The maximum absolute atomic E-state index is 12.8. The van der Waals surface area contributed by atoms with Gasteiger partial charge in [-0.2, -0.15) is 0 Å². The number of piperidine rings is 1. The lowest BCUT2D eigenvalue weighted by molar-refractivity contribution is -0.273. The van der Waals surface area contributed by atoms with Gasteiger partial charge in [0.15, 0.2) is 0 Å². The highest BCUT2D eigenvalue weighted by atomic mass is 16.5. The molecule has 7 bridgehead atoms. The minimum atomic E-state index is -0.616. The van der Waals surface area contributed by atoms with Gasteiger partial charge in [-0.05, 0) is 79.4 Å². The van der Waals surface area contributed by atoms with E-state index in [1.807, 2.05) is 0 Å². The molecule has 6 fully saturated rings. The van der Waals surface area contributed by atoms with Gasteiger partial charge in [-0.25, -0.2) is 0 Å². The molecular formula is C35H45NO3. The lowest BCUT2D eigenvalue weighted by Gasteiger charge is -2.69. The molecule has 11 atom stereocenters. The molecule has 6 aliphatic rings. The number of benzene rings is 2. The minimum Gasteiger partial charge on any atom is -0.389 e. The zero-order valence-corrected chi connectivity index (χ0v) is 23.7. The van der Waals surface area contributed by atoms with Crippen molar-refractivity contribution in [2.45, 2.75) is 89.4 Å². The Morgan fingerprint density at radius 1 is 0.872 bits per heavy atom. The van der Waals surface area contributed by atoms with Gasteiger partial charge < -0.3 is 14.6 Å². The molecule has 1 spiro atoms. The number of ether oxygens (including phenoxy) is 2. The topological polar surface area (TPSA) is 41.9 Å². The monoisotopic (exact) mass is 527 g/mol. The fourth-order valence-electron chi connectivity index (χ4n) is 11.7. The molecule has 0 aromatic heterocycles. The molecule has 208 valence electrons. The summed E-state index contributed by atoms with van der Waals surface area (Å²) in [4.78, 5) is 2.81. The Morgan fingerprint density at radius 2 is 1.56 bits per heavy atom. The Balaban J connectivity index is 1.20. The van der Waals surface area contributed by atoms with E-state index in [1.165, 1.54) is 36.9 Å². The molecule has 0 amide bonds. The van der Waals surface area contributed by atoms with Crippen molar-refractivity contribution in [1.82, 2.24) is 4.90 Å². The first-order valence-electron chi connectivity index (χ1n) is 15.8. The Morgan fingerprint density at radius 3 is 2.26 bits per heavy atom. The van der Waals surface area contributed by atoms with Crippen molar-refractivity contribution in [3.8, 4) is 0 Å². The Hall–Kier alpha value is -1.72. The zero-order chi connectivity index (χ0) is 26.4. The molecule has 1 heterocycles. The standard InChI is InChI=1S/C35H45NO3/c1-3-36-22-33(2)16-15-29(38-20-23-10-6-4-7-11-23)35-26-18-25-14-17-34(37,27(32(35)36)19-28(33)35)30(26)31(25)39-21-24-12-8-5-9-13-24/h4-13,25-32,37H,3,14-22H2,1-2H3/t25-,26?,27?,28+,29?,30?,31?,32-,33-,34-,35?/m0/s1. The number of likely N-dealkylation sites (tertiary alicyclic amines) is 1. The van der Waals surface area contributed by atoms with Gasteiger partial charge in [0.1, 0.15) is 0 Å². The summed E-state index contributed by atoms with van der Waals surface area (Å²) >= 11 is 0. The summed E-state index contributed by atoms with van der Waals surface area (Å²) in [6.07, 6.45) is 7.23. The fourth-order valence-corrected chi connectivity index (χ4v) is 11.7. The zero-order valence-electron chi connectivity index (χ0n) is 23.7. The molecule has 2 aromatic carbocycles. The first kappa shape index (κ1) is 25.0. The molecule has 1 saturated heterocycles. The Labute approximate surface area is 234 Å². The molecule has 1 aliphatic heterocycles. The van der Waals surface area contributed by atoms with E-state index in [0.29, 0.717) is 48.3 Å². The fraction of sp³-hybridized carbons (Fsp3) is 0.657. The second kappa shape index (κ2) is 8.89. The van der Waals surface area contributed by atoms with E-state index >= 15 is 0 Å². The van der Waals surface area contributed by atoms with Gasteiger partial charge in [0.2, 0.25) is 0 Å². The van der Waals surface area contributed by atoms with Crippen molar-refractivity contribution in [3.63, 3.8) is 0 Å². The van der Waals surface area contributed by atoms with E-state index in [1.54, 1.807) is 0 Å². The lowest BCUT2D eigenvalue weighted by Crippen LogP contribution is -2.75. The van der Waals surface area contributed by atoms with Crippen LogP contribution in [0.5, 0.6) is 0 Å². The van der Waals surface area contributed by atoms with Gasteiger partial charge >= 0.3 is 0 Å². The Bertz CT molecular complexity index is 1200. The largest absolute Gasteiger partial charge is 0.389 e. The molecule has 2 aromatic rings. The summed E-state index contributed by atoms with van der Waals surface area (Å²) in [5, 5.41) is 12.8. The maximum Gasteiger partial charge on any atom is 0.0746 e. The predicted molar refractivity (Wildman–Crippen MR) is 152 cm³/mol. The van der Waals surface area contributed by atoms with Crippen LogP contribution in [-0.4, -0.2) is 46.9 Å². The van der Waals surface area contributed by atoms with Crippen molar-refractivity contribution in [1.29, 1.82) is 0 Å². The van der Waals surface area contributed by atoms with Crippen molar-refractivity contribution >= 4 is 0 Å². The van der Waals surface area contributed by atoms with Gasteiger partial charge in [-0.3, -0.25) is 4.90 Å². The number of aliphatic hydroxyl groups is 1. The van der Waals surface area contributed by atoms with Crippen LogP contribution in [0.4, 0.5) is 0 Å². The van der Waals surface area contributed by atoms with Crippen molar-refractivity contribution in [3.05, 3.63) is 71.8 Å². The van der Waals surface area contributed by atoms with Crippen molar-refractivity contribution < 1.29 is 14.6 Å². The van der Waals surface area contributed by atoms with Gasteiger partial charge in [0.25, 0.3) is 0 Å². The minimum absolute atomic E-state index is 0.116. The SMILES string of the molecule is CCN1C[C@]2(C)CCC(OCc3ccccc3)C34C5C[C@@H]6CC[C@@](O)(C5C6OCc5ccccc5)C(C[C@@H]32)[C@H]14. The molecule has 5 aliphatic carbocycles. The number of hydrogen-bond acceptors (Lipinski definition) is 4. The number of hydrogen-bond donors (Lipinski definition) is 1. The van der Waals surface area contributed by atoms with Crippen LogP contribution in [0.2, 0.25) is 0 Å². The highest BCUT2D eigenvalue weighted by Crippen LogP contribution is 2.79. The highest BCUT2D eigenvalue weighted by molar-refractivity contribution is 5.32. The molecule has 1 N–H and O–H groups in total. The quantitative estimate of drug-likeness (QED) is 0.474. The number of rotatable bonds is 7. The van der Waals surface area contributed by atoms with E-state index in [-0.39, 0.29) is 23.5 Å². The van der Waals surface area contributed by atoms with Crippen LogP contribution in [0.15, 0.2) is 60.7 Å². The molecule has 4 heteroatoms. The molecule has 39 heavy (non-hydrogen) atoms. The van der Waals surface area contributed by atoms with Crippen LogP contribution in [0.25, 0.3) is 0 Å². The summed E-state index contributed by atoms with van der Waals surface area (Å²) < 4.78 is 14.0. The first-order valence-corrected chi connectivity index (χ1v) is 15.8. The Kier molecular flexibility index (Phi) is 5.70. The van der Waals surface area contributed by atoms with Crippen LogP contribution in [0.1, 0.15) is 63.5 Å². The van der Waals surface area contributed by atoms with Gasteiger partial charge in [0, 0.05) is 29.8 Å².